The van der Waals surface area contributed by atoms with Gasteiger partial charge in [-0.1, -0.05) is 32.0 Å². The van der Waals surface area contributed by atoms with E-state index in [1.807, 2.05) is 0 Å². The van der Waals surface area contributed by atoms with E-state index in [4.69, 9.17) is 0 Å². The molecule has 1 atom stereocenters. The first-order valence-corrected chi connectivity index (χ1v) is 7.97. The zero-order valence-corrected chi connectivity index (χ0v) is 12.6. The van der Waals surface area contributed by atoms with Crippen molar-refractivity contribution in [3.05, 3.63) is 30.3 Å². The molecule has 1 rings (SSSR count). The number of nitrogens with one attached hydrogen (secondary N) is 1. The Kier molecular flexibility index (Phi) is 5.44. The van der Waals surface area contributed by atoms with Crippen molar-refractivity contribution >= 4 is 21.5 Å². The van der Waals surface area contributed by atoms with E-state index < -0.39 is 27.5 Å². The standard InChI is InChI=1S/C14H19NO4S/c1-10(2)14(11(3)16)15-13(17)9-20(18,19)12-7-5-4-6-8-12/h4-8,10,14H,9H2,1-3H3,(H,15,17). The zero-order valence-electron chi connectivity index (χ0n) is 11.8. The molecule has 0 aromatic heterocycles. The van der Waals surface area contributed by atoms with E-state index >= 15 is 0 Å². The van der Waals surface area contributed by atoms with Gasteiger partial charge in [0.2, 0.25) is 5.91 Å². The first kappa shape index (κ1) is 16.4. The second-order valence-corrected chi connectivity index (χ2v) is 6.96. The van der Waals surface area contributed by atoms with Gasteiger partial charge >= 0.3 is 0 Å². The molecular weight excluding hydrogens is 278 g/mol. The van der Waals surface area contributed by atoms with Gasteiger partial charge in [0.1, 0.15) is 5.75 Å². The average Bonchev–Trinajstić information content (AvgIpc) is 2.35. The quantitative estimate of drug-likeness (QED) is 0.855. The number of hydrogen-bond donors (Lipinski definition) is 1. The van der Waals surface area contributed by atoms with Crippen molar-refractivity contribution in [1.82, 2.24) is 5.32 Å². The minimum absolute atomic E-state index is 0.0871. The summed E-state index contributed by atoms with van der Waals surface area (Å²) in [5, 5.41) is 2.47. The lowest BCUT2D eigenvalue weighted by Gasteiger charge is -2.19. The fourth-order valence-electron chi connectivity index (χ4n) is 1.84. The molecular formula is C14H19NO4S. The second kappa shape index (κ2) is 6.65. The summed E-state index contributed by atoms with van der Waals surface area (Å²) in [5.74, 6) is -1.60. The predicted octanol–water partition coefficient (Wildman–Crippen LogP) is 1.19. The topological polar surface area (TPSA) is 80.3 Å². The largest absolute Gasteiger partial charge is 0.345 e. The van der Waals surface area contributed by atoms with Crippen molar-refractivity contribution in [3.63, 3.8) is 0 Å². The van der Waals surface area contributed by atoms with Crippen LogP contribution in [0.3, 0.4) is 0 Å². The third-order valence-electron chi connectivity index (χ3n) is 2.84. The molecule has 1 aromatic carbocycles. The maximum Gasteiger partial charge on any atom is 0.236 e. The summed E-state index contributed by atoms with van der Waals surface area (Å²) in [4.78, 5) is 23.3. The minimum atomic E-state index is -3.68. The normalized spacial score (nSPS) is 13.0. The van der Waals surface area contributed by atoms with Crippen LogP contribution in [-0.4, -0.2) is 31.9 Å². The Bertz CT molecular complexity index is 578. The monoisotopic (exact) mass is 297 g/mol. The van der Waals surface area contributed by atoms with Gasteiger partial charge in [-0.3, -0.25) is 9.59 Å². The van der Waals surface area contributed by atoms with Gasteiger partial charge in [-0.2, -0.15) is 0 Å². The summed E-state index contributed by atoms with van der Waals surface area (Å²) < 4.78 is 24.0. The van der Waals surface area contributed by atoms with Crippen molar-refractivity contribution in [2.24, 2.45) is 5.92 Å². The Morgan fingerprint density at radius 1 is 1.15 bits per heavy atom. The number of ketones is 1. The molecule has 0 aliphatic carbocycles. The first-order valence-electron chi connectivity index (χ1n) is 6.31. The molecule has 0 aliphatic rings. The SMILES string of the molecule is CC(=O)C(NC(=O)CS(=O)(=O)c1ccccc1)C(C)C. The molecule has 6 heteroatoms. The predicted molar refractivity (Wildman–Crippen MR) is 75.9 cm³/mol. The molecule has 0 saturated carbocycles. The highest BCUT2D eigenvalue weighted by Crippen LogP contribution is 2.10. The molecule has 0 fully saturated rings. The number of rotatable bonds is 6. The van der Waals surface area contributed by atoms with Crippen molar-refractivity contribution < 1.29 is 18.0 Å². The molecule has 1 aromatic rings. The minimum Gasteiger partial charge on any atom is -0.345 e. The molecule has 0 spiro atoms. The van der Waals surface area contributed by atoms with Crippen LogP contribution in [0.4, 0.5) is 0 Å². The smallest absolute Gasteiger partial charge is 0.236 e. The van der Waals surface area contributed by atoms with Gasteiger partial charge in [0, 0.05) is 0 Å². The van der Waals surface area contributed by atoms with Gasteiger partial charge in [-0.15, -0.1) is 0 Å². The number of Topliss-reactive ketones (excluding diaryl/α,β-unsaturated/α-hetero) is 1. The lowest BCUT2D eigenvalue weighted by Crippen LogP contribution is -2.45. The molecule has 0 heterocycles. The van der Waals surface area contributed by atoms with Gasteiger partial charge in [0.05, 0.1) is 10.9 Å². The van der Waals surface area contributed by atoms with E-state index in [-0.39, 0.29) is 16.6 Å². The van der Waals surface area contributed by atoms with Crippen molar-refractivity contribution in [3.8, 4) is 0 Å². The highest BCUT2D eigenvalue weighted by atomic mass is 32.2. The fraction of sp³-hybridized carbons (Fsp3) is 0.429. The van der Waals surface area contributed by atoms with Crippen LogP contribution in [0.15, 0.2) is 35.2 Å². The zero-order chi connectivity index (χ0) is 15.3. The van der Waals surface area contributed by atoms with Crippen LogP contribution < -0.4 is 5.32 Å². The number of carbonyl (C=O) groups is 2. The third kappa shape index (κ3) is 4.45. The molecule has 110 valence electrons. The third-order valence-corrected chi connectivity index (χ3v) is 4.48. The van der Waals surface area contributed by atoms with Gasteiger partial charge in [0.15, 0.2) is 15.6 Å². The Hall–Kier alpha value is -1.69. The lowest BCUT2D eigenvalue weighted by molar-refractivity contribution is -0.126. The molecule has 1 N–H and O–H groups in total. The van der Waals surface area contributed by atoms with Crippen molar-refractivity contribution in [1.29, 1.82) is 0 Å². The average molecular weight is 297 g/mol. The maximum absolute atomic E-state index is 12.0. The van der Waals surface area contributed by atoms with Crippen LogP contribution in [0.5, 0.6) is 0 Å². The van der Waals surface area contributed by atoms with E-state index in [1.165, 1.54) is 19.1 Å². The van der Waals surface area contributed by atoms with Crippen molar-refractivity contribution in [2.45, 2.75) is 31.7 Å². The van der Waals surface area contributed by atoms with Crippen LogP contribution in [0, 0.1) is 5.92 Å². The Morgan fingerprint density at radius 3 is 2.15 bits per heavy atom. The number of sulfone groups is 1. The van der Waals surface area contributed by atoms with Crippen LogP contribution in [0.1, 0.15) is 20.8 Å². The molecule has 20 heavy (non-hydrogen) atoms. The highest BCUT2D eigenvalue weighted by Gasteiger charge is 2.24. The van der Waals surface area contributed by atoms with Gasteiger partial charge in [0.25, 0.3) is 0 Å². The first-order chi connectivity index (χ1) is 9.24. The molecule has 1 amide bonds. The van der Waals surface area contributed by atoms with Gasteiger partial charge in [-0.25, -0.2) is 8.42 Å². The summed E-state index contributed by atoms with van der Waals surface area (Å²) in [5.41, 5.74) is 0. The highest BCUT2D eigenvalue weighted by molar-refractivity contribution is 7.92. The summed E-state index contributed by atoms with van der Waals surface area (Å²) in [7, 11) is -3.68. The lowest BCUT2D eigenvalue weighted by atomic mass is 10.0. The Morgan fingerprint density at radius 2 is 1.70 bits per heavy atom. The molecule has 5 nitrogen and oxygen atoms in total. The number of hydrogen-bond acceptors (Lipinski definition) is 4. The number of carbonyl (C=O) groups excluding carboxylic acids is 2. The van der Waals surface area contributed by atoms with Crippen LogP contribution >= 0.6 is 0 Å². The Labute approximate surface area is 119 Å². The maximum atomic E-state index is 12.0. The molecule has 0 radical (unpaired) electrons. The fourth-order valence-corrected chi connectivity index (χ4v) is 3.00. The molecule has 0 aliphatic heterocycles. The van der Waals surface area contributed by atoms with Gasteiger partial charge < -0.3 is 5.32 Å². The van der Waals surface area contributed by atoms with E-state index in [0.717, 1.165) is 0 Å². The van der Waals surface area contributed by atoms with Crippen LogP contribution in [0.25, 0.3) is 0 Å². The van der Waals surface area contributed by atoms with E-state index in [9.17, 15) is 18.0 Å². The number of amides is 1. The van der Waals surface area contributed by atoms with Gasteiger partial charge in [-0.05, 0) is 25.0 Å². The molecule has 0 saturated heterocycles. The van der Waals surface area contributed by atoms with E-state index in [1.54, 1.807) is 32.0 Å². The second-order valence-electron chi connectivity index (χ2n) is 4.97. The summed E-state index contributed by atoms with van der Waals surface area (Å²) in [6.07, 6.45) is 0. The van der Waals surface area contributed by atoms with Crippen molar-refractivity contribution in [2.75, 3.05) is 5.75 Å². The summed E-state index contributed by atoms with van der Waals surface area (Å²) in [6, 6.07) is 7.10. The van der Waals surface area contributed by atoms with E-state index in [0.29, 0.717) is 0 Å². The summed E-state index contributed by atoms with van der Waals surface area (Å²) in [6.45, 7) is 4.95. The molecule has 0 bridgehead atoms. The van der Waals surface area contributed by atoms with E-state index in [2.05, 4.69) is 5.32 Å². The molecule has 1 unspecified atom stereocenters. The Balaban J connectivity index is 2.78. The number of benzene rings is 1. The summed E-state index contributed by atoms with van der Waals surface area (Å²) >= 11 is 0. The van der Waals surface area contributed by atoms with Crippen LogP contribution in [0.2, 0.25) is 0 Å². The van der Waals surface area contributed by atoms with Crippen LogP contribution in [-0.2, 0) is 19.4 Å².